The van der Waals surface area contributed by atoms with Crippen LogP contribution in [0, 0.1) is 11.8 Å². The highest BCUT2D eigenvalue weighted by Crippen LogP contribution is 2.38. The molecule has 2 saturated heterocycles. The summed E-state index contributed by atoms with van der Waals surface area (Å²) in [4.78, 5) is 71.4. The van der Waals surface area contributed by atoms with Gasteiger partial charge in [0.1, 0.15) is 23.7 Å². The number of likely N-dealkylation sites (tertiary alicyclic amines) is 2. The third-order valence-corrected chi connectivity index (χ3v) is 11.4. The van der Waals surface area contributed by atoms with Crippen molar-refractivity contribution >= 4 is 34.8 Å². The fourth-order valence-corrected chi connectivity index (χ4v) is 8.31. The van der Waals surface area contributed by atoms with Crippen LogP contribution in [0.3, 0.4) is 0 Å². The van der Waals surface area contributed by atoms with Gasteiger partial charge in [-0.2, -0.15) is 0 Å². The van der Waals surface area contributed by atoms with Crippen LogP contribution in [0.15, 0.2) is 73.1 Å². The summed E-state index contributed by atoms with van der Waals surface area (Å²) in [6.07, 6.45) is 5.61. The van der Waals surface area contributed by atoms with Gasteiger partial charge in [0, 0.05) is 18.7 Å². The zero-order valence-corrected chi connectivity index (χ0v) is 33.9. The molecule has 304 valence electrons. The Hall–Kier alpha value is -6.18. The van der Waals surface area contributed by atoms with Gasteiger partial charge in [0.25, 0.3) is 0 Å². The quantitative estimate of drug-likeness (QED) is 0.107. The van der Waals surface area contributed by atoms with Crippen molar-refractivity contribution in [3.63, 3.8) is 0 Å². The standard InChI is InChI=1S/C44H52N8O6/c1-25(2)37(49-43(55)57-5)41(53)51-21-9-15-35(51)39-45-23-33(47-39)28-19-17-27(18-20-28)29-11-7-13-31-30(29)12-8-14-32(31)34-24-46-40(48-34)36-16-10-22-52(36)42(54)38(26(3)4)50-44(56)58-6/h7-8,11-14,17-20,23-26,35-38H,9-10,15-16,21-22H2,1-6H3,(H,45,47)(H,46,48)(H,49,55)(H,50,56)/t35-,36-,37-,38?/m0/s1. The minimum atomic E-state index is -0.702. The number of aromatic amines is 2. The highest BCUT2D eigenvalue weighted by atomic mass is 16.5. The predicted molar refractivity (Wildman–Crippen MR) is 220 cm³/mol. The number of ether oxygens (including phenoxy) is 2. The maximum atomic E-state index is 13.7. The molecule has 14 heteroatoms. The number of hydrogen-bond donors (Lipinski definition) is 4. The normalized spacial score (nSPS) is 17.8. The van der Waals surface area contributed by atoms with Crippen LogP contribution >= 0.6 is 0 Å². The molecule has 0 saturated carbocycles. The zero-order valence-electron chi connectivity index (χ0n) is 33.9. The number of rotatable bonds is 11. The maximum Gasteiger partial charge on any atom is 0.407 e. The summed E-state index contributed by atoms with van der Waals surface area (Å²) in [7, 11) is 2.58. The molecule has 4 N–H and O–H groups in total. The van der Waals surface area contributed by atoms with Crippen molar-refractivity contribution in [2.24, 2.45) is 11.8 Å². The molecular formula is C44H52N8O6. The van der Waals surface area contributed by atoms with Crippen LogP contribution < -0.4 is 10.6 Å². The van der Waals surface area contributed by atoms with Crippen LogP contribution in [0.5, 0.6) is 0 Å². The monoisotopic (exact) mass is 788 g/mol. The average molecular weight is 789 g/mol. The Balaban J connectivity index is 1.09. The lowest BCUT2D eigenvalue weighted by Crippen LogP contribution is -2.51. The number of carbonyl (C=O) groups is 4. The highest BCUT2D eigenvalue weighted by Gasteiger charge is 2.39. The summed E-state index contributed by atoms with van der Waals surface area (Å²) in [5, 5.41) is 7.57. The number of hydrogen-bond acceptors (Lipinski definition) is 8. The topological polar surface area (TPSA) is 175 Å². The number of fused-ring (bicyclic) bond motifs is 1. The van der Waals surface area contributed by atoms with E-state index in [0.717, 1.165) is 81.7 Å². The van der Waals surface area contributed by atoms with Crippen molar-refractivity contribution in [3.05, 3.63) is 84.7 Å². The first-order valence-corrected chi connectivity index (χ1v) is 20.0. The number of alkyl carbamates (subject to hydrolysis) is 2. The van der Waals surface area contributed by atoms with Gasteiger partial charge in [-0.15, -0.1) is 0 Å². The fraction of sp³-hybridized carbons (Fsp3) is 0.409. The van der Waals surface area contributed by atoms with Gasteiger partial charge in [-0.3, -0.25) is 9.59 Å². The molecule has 2 fully saturated rings. The van der Waals surface area contributed by atoms with Crippen LogP contribution in [0.4, 0.5) is 9.59 Å². The Morgan fingerprint density at radius 1 is 0.638 bits per heavy atom. The lowest BCUT2D eigenvalue weighted by molar-refractivity contribution is -0.136. The maximum absolute atomic E-state index is 13.7. The van der Waals surface area contributed by atoms with Crippen molar-refractivity contribution in [3.8, 4) is 33.6 Å². The van der Waals surface area contributed by atoms with Gasteiger partial charge >= 0.3 is 12.2 Å². The summed E-state index contributed by atoms with van der Waals surface area (Å²) in [5.74, 6) is 0.920. The second kappa shape index (κ2) is 17.1. The van der Waals surface area contributed by atoms with Crippen LogP contribution in [-0.4, -0.2) is 93.1 Å². The van der Waals surface area contributed by atoms with Gasteiger partial charge in [-0.05, 0) is 65.0 Å². The van der Waals surface area contributed by atoms with E-state index in [1.807, 2.05) is 56.0 Å². The molecule has 2 aliphatic heterocycles. The highest BCUT2D eigenvalue weighted by molar-refractivity contribution is 6.04. The van der Waals surface area contributed by atoms with Gasteiger partial charge < -0.3 is 39.9 Å². The molecule has 2 aliphatic rings. The first kappa shape index (κ1) is 40.0. The molecule has 14 nitrogen and oxygen atoms in total. The molecule has 0 bridgehead atoms. The van der Waals surface area contributed by atoms with Gasteiger partial charge in [-0.1, -0.05) is 88.4 Å². The second-order valence-corrected chi connectivity index (χ2v) is 15.7. The van der Waals surface area contributed by atoms with Gasteiger partial charge in [0.15, 0.2) is 0 Å². The fourth-order valence-electron chi connectivity index (χ4n) is 8.31. The van der Waals surface area contributed by atoms with E-state index in [4.69, 9.17) is 19.4 Å². The summed E-state index contributed by atoms with van der Waals surface area (Å²) in [6.45, 7) is 8.78. The molecule has 4 amide bonds. The lowest BCUT2D eigenvalue weighted by Gasteiger charge is -2.30. The van der Waals surface area contributed by atoms with E-state index in [9.17, 15) is 19.2 Å². The minimum Gasteiger partial charge on any atom is -0.453 e. The summed E-state index contributed by atoms with van der Waals surface area (Å²) in [5.41, 5.74) is 5.83. The van der Waals surface area contributed by atoms with Crippen LogP contribution in [0.1, 0.15) is 77.1 Å². The molecule has 2 aromatic heterocycles. The summed E-state index contributed by atoms with van der Waals surface area (Å²) >= 11 is 0. The number of H-pyrrole nitrogens is 2. The molecule has 3 aromatic carbocycles. The van der Waals surface area contributed by atoms with Crippen molar-refractivity contribution in [2.75, 3.05) is 27.3 Å². The number of nitrogens with zero attached hydrogens (tertiary/aromatic N) is 4. The van der Waals surface area contributed by atoms with Crippen molar-refractivity contribution in [2.45, 2.75) is 77.5 Å². The molecule has 0 aliphatic carbocycles. The SMILES string of the molecule is COC(=O)NC(C(=O)N1CCC[C@H]1c1ncc(-c2cccc3c(-c4ccc(-c5cnc([C@@H]6CCCN6C(=O)[C@@H](NC(=O)OC)C(C)C)[nH]5)cc4)cccc23)[nH]1)C(C)C. The van der Waals surface area contributed by atoms with Crippen molar-refractivity contribution in [1.29, 1.82) is 0 Å². The number of aromatic nitrogens is 4. The smallest absolute Gasteiger partial charge is 0.407 e. The van der Waals surface area contributed by atoms with E-state index in [2.05, 4.69) is 75.2 Å². The second-order valence-electron chi connectivity index (χ2n) is 15.7. The predicted octanol–water partition coefficient (Wildman–Crippen LogP) is 7.38. The van der Waals surface area contributed by atoms with E-state index >= 15 is 0 Å². The number of amides is 4. The van der Waals surface area contributed by atoms with E-state index in [-0.39, 0.29) is 35.7 Å². The van der Waals surface area contributed by atoms with E-state index in [1.165, 1.54) is 14.2 Å². The minimum absolute atomic E-state index is 0.111. The molecule has 0 spiro atoms. The molecule has 58 heavy (non-hydrogen) atoms. The summed E-state index contributed by atoms with van der Waals surface area (Å²) in [6, 6.07) is 19.0. The van der Waals surface area contributed by atoms with E-state index in [0.29, 0.717) is 13.1 Å². The Morgan fingerprint density at radius 2 is 1.09 bits per heavy atom. The Kier molecular flexibility index (Phi) is 11.8. The van der Waals surface area contributed by atoms with Crippen molar-refractivity contribution in [1.82, 2.24) is 40.4 Å². The van der Waals surface area contributed by atoms with Crippen LogP contribution in [-0.2, 0) is 19.1 Å². The van der Waals surface area contributed by atoms with Crippen LogP contribution in [0.2, 0.25) is 0 Å². The number of imidazole rings is 2. The van der Waals surface area contributed by atoms with Gasteiger partial charge in [0.05, 0.1) is 50.1 Å². The molecule has 4 atom stereocenters. The largest absolute Gasteiger partial charge is 0.453 e. The molecule has 4 heterocycles. The molecule has 7 rings (SSSR count). The lowest BCUT2D eigenvalue weighted by atomic mass is 9.94. The Labute approximate surface area is 338 Å². The Morgan fingerprint density at radius 3 is 1.59 bits per heavy atom. The third kappa shape index (κ3) is 8.00. The first-order chi connectivity index (χ1) is 28.0. The van der Waals surface area contributed by atoms with Gasteiger partial charge in [-0.25, -0.2) is 19.6 Å². The van der Waals surface area contributed by atoms with E-state index in [1.54, 1.807) is 0 Å². The number of nitrogens with one attached hydrogen (secondary N) is 4. The number of benzene rings is 3. The summed E-state index contributed by atoms with van der Waals surface area (Å²) < 4.78 is 9.56. The molecule has 0 radical (unpaired) electrons. The molecular weight excluding hydrogens is 737 g/mol. The number of methoxy groups -OCH3 is 2. The molecule has 1 unspecified atom stereocenters. The van der Waals surface area contributed by atoms with Gasteiger partial charge in [0.2, 0.25) is 11.8 Å². The van der Waals surface area contributed by atoms with Crippen molar-refractivity contribution < 1.29 is 28.7 Å². The van der Waals surface area contributed by atoms with Crippen LogP contribution in [0.25, 0.3) is 44.4 Å². The third-order valence-electron chi connectivity index (χ3n) is 11.4. The molecule has 5 aromatic rings. The first-order valence-electron chi connectivity index (χ1n) is 20.0. The average Bonchev–Trinajstić information content (AvgIpc) is 4.07. The van der Waals surface area contributed by atoms with E-state index < -0.39 is 24.3 Å². The number of carbonyl (C=O) groups excluding carboxylic acids is 4. The Bertz CT molecular complexity index is 2280. The zero-order chi connectivity index (χ0) is 41.1.